The third-order valence-electron chi connectivity index (χ3n) is 4.57. The molecule has 0 aromatic heterocycles. The lowest BCUT2D eigenvalue weighted by Crippen LogP contribution is -2.11. The van der Waals surface area contributed by atoms with E-state index in [2.05, 4.69) is 32.7 Å². The molecule has 0 unspecified atom stereocenters. The van der Waals surface area contributed by atoms with Gasteiger partial charge in [0.1, 0.15) is 5.75 Å². The van der Waals surface area contributed by atoms with Gasteiger partial charge in [-0.3, -0.25) is 0 Å². The maximum atomic E-state index is 12.2. The lowest BCUT2D eigenvalue weighted by molar-refractivity contribution is -0.129. The lowest BCUT2D eigenvalue weighted by atomic mass is 9.87. The normalized spacial score (nSPS) is 15.5. The Morgan fingerprint density at radius 1 is 1.04 bits per heavy atom. The number of benzene rings is 2. The molecule has 1 heterocycles. The summed E-state index contributed by atoms with van der Waals surface area (Å²) in [6.07, 6.45) is 3.87. The molecule has 0 saturated heterocycles. The number of rotatable bonds is 6. The van der Waals surface area contributed by atoms with Gasteiger partial charge < -0.3 is 9.47 Å². The lowest BCUT2D eigenvalue weighted by Gasteiger charge is -2.18. The molecule has 1 aliphatic rings. The molecule has 0 radical (unpaired) electrons. The highest BCUT2D eigenvalue weighted by atomic mass is 16.6. The molecule has 3 rings (SSSR count). The van der Waals surface area contributed by atoms with Gasteiger partial charge in [-0.25, -0.2) is 9.79 Å². The molecule has 2 aromatic rings. The van der Waals surface area contributed by atoms with E-state index in [1.54, 1.807) is 6.08 Å². The summed E-state index contributed by atoms with van der Waals surface area (Å²) in [6, 6.07) is 15.6. The van der Waals surface area contributed by atoms with E-state index < -0.39 is 5.97 Å². The first kappa shape index (κ1) is 19.9. The molecule has 0 fully saturated rings. The molecule has 1 aliphatic heterocycles. The molecule has 0 spiro atoms. The molecule has 0 aliphatic carbocycles. The first-order valence-corrected chi connectivity index (χ1v) is 9.73. The second kappa shape index (κ2) is 8.42. The number of hydrogen-bond acceptors (Lipinski definition) is 4. The van der Waals surface area contributed by atoms with Crippen molar-refractivity contribution in [3.8, 4) is 5.75 Å². The Labute approximate surface area is 166 Å². The average molecular weight is 377 g/mol. The predicted octanol–water partition coefficient (Wildman–Crippen LogP) is 5.51. The number of unbranched alkanes of at least 4 members (excludes halogenated alkanes) is 1. The van der Waals surface area contributed by atoms with E-state index in [1.807, 2.05) is 48.5 Å². The number of carbonyl (C=O) groups excluding carboxylic acids is 1. The van der Waals surface area contributed by atoms with Crippen LogP contribution in [0.15, 0.2) is 59.2 Å². The van der Waals surface area contributed by atoms with Gasteiger partial charge in [-0.15, -0.1) is 0 Å². The molecule has 2 aromatic carbocycles. The Morgan fingerprint density at radius 2 is 1.71 bits per heavy atom. The minimum atomic E-state index is -0.432. The van der Waals surface area contributed by atoms with Crippen molar-refractivity contribution in [3.63, 3.8) is 0 Å². The van der Waals surface area contributed by atoms with Gasteiger partial charge in [-0.05, 0) is 53.3 Å². The Morgan fingerprint density at radius 3 is 2.32 bits per heavy atom. The zero-order valence-electron chi connectivity index (χ0n) is 17.0. The van der Waals surface area contributed by atoms with E-state index in [0.29, 0.717) is 18.2 Å². The van der Waals surface area contributed by atoms with Crippen molar-refractivity contribution >= 4 is 17.9 Å². The van der Waals surface area contributed by atoms with Gasteiger partial charge in [0.25, 0.3) is 0 Å². The number of hydrogen-bond donors (Lipinski definition) is 0. The van der Waals surface area contributed by atoms with Crippen LogP contribution in [-0.2, 0) is 14.9 Å². The van der Waals surface area contributed by atoms with E-state index >= 15 is 0 Å². The number of nitrogens with zero attached hydrogens (tertiary/aromatic N) is 1. The molecular weight excluding hydrogens is 350 g/mol. The number of cyclic esters (lactones) is 1. The number of ether oxygens (including phenoxy) is 2. The van der Waals surface area contributed by atoms with Crippen LogP contribution < -0.4 is 4.74 Å². The van der Waals surface area contributed by atoms with Gasteiger partial charge in [-0.2, -0.15) is 0 Å². The third-order valence-corrected chi connectivity index (χ3v) is 4.57. The number of aliphatic imine (C=N–C) groups is 1. The highest BCUT2D eigenvalue weighted by molar-refractivity contribution is 6.12. The SMILES string of the molecule is CCCCOc1ccc(C=C2N=C(c3ccc(C(C)(C)C)cc3)OC2=O)cc1. The van der Waals surface area contributed by atoms with Gasteiger partial charge in [-0.1, -0.05) is 58.4 Å². The Hall–Kier alpha value is -2.88. The zero-order valence-corrected chi connectivity index (χ0v) is 17.0. The fraction of sp³-hybridized carbons (Fsp3) is 0.333. The smallest absolute Gasteiger partial charge is 0.363 e. The van der Waals surface area contributed by atoms with Crippen LogP contribution in [0.1, 0.15) is 57.2 Å². The molecule has 0 N–H and O–H groups in total. The van der Waals surface area contributed by atoms with Crippen molar-refractivity contribution in [2.75, 3.05) is 6.61 Å². The summed E-state index contributed by atoms with van der Waals surface area (Å²) >= 11 is 0. The second-order valence-electron chi connectivity index (χ2n) is 7.93. The van der Waals surface area contributed by atoms with Gasteiger partial charge in [0, 0.05) is 5.56 Å². The predicted molar refractivity (Wildman–Crippen MR) is 113 cm³/mol. The molecular formula is C24H27NO3. The van der Waals surface area contributed by atoms with Crippen molar-refractivity contribution in [3.05, 3.63) is 70.9 Å². The summed E-state index contributed by atoms with van der Waals surface area (Å²) in [6.45, 7) is 9.33. The summed E-state index contributed by atoms with van der Waals surface area (Å²) in [5.41, 5.74) is 3.27. The van der Waals surface area contributed by atoms with Crippen LogP contribution in [0, 0.1) is 0 Å². The second-order valence-corrected chi connectivity index (χ2v) is 7.93. The summed E-state index contributed by atoms with van der Waals surface area (Å²) in [5, 5.41) is 0. The Kier molecular flexibility index (Phi) is 5.98. The molecule has 4 heteroatoms. The summed E-state index contributed by atoms with van der Waals surface area (Å²) in [5.74, 6) is 0.738. The average Bonchev–Trinajstić information content (AvgIpc) is 3.03. The molecule has 0 atom stereocenters. The quantitative estimate of drug-likeness (QED) is 0.379. The van der Waals surface area contributed by atoms with Crippen LogP contribution in [0.5, 0.6) is 5.75 Å². The summed E-state index contributed by atoms with van der Waals surface area (Å²) in [7, 11) is 0. The maximum absolute atomic E-state index is 12.2. The van der Waals surface area contributed by atoms with Crippen LogP contribution in [0.25, 0.3) is 6.08 Å². The van der Waals surface area contributed by atoms with Gasteiger partial charge in [0.15, 0.2) is 5.70 Å². The van der Waals surface area contributed by atoms with Crippen LogP contribution in [0.2, 0.25) is 0 Å². The van der Waals surface area contributed by atoms with E-state index in [9.17, 15) is 4.79 Å². The first-order chi connectivity index (χ1) is 13.4. The van der Waals surface area contributed by atoms with Crippen molar-refractivity contribution in [1.82, 2.24) is 0 Å². The van der Waals surface area contributed by atoms with E-state index in [0.717, 1.165) is 29.7 Å². The molecule has 146 valence electrons. The minimum absolute atomic E-state index is 0.0736. The van der Waals surface area contributed by atoms with Crippen molar-refractivity contribution < 1.29 is 14.3 Å². The van der Waals surface area contributed by atoms with Gasteiger partial charge >= 0.3 is 5.97 Å². The fourth-order valence-corrected chi connectivity index (χ4v) is 2.80. The standard InChI is InChI=1S/C24H27NO3/c1-5-6-15-27-20-13-7-17(8-14-20)16-21-23(26)28-22(25-21)18-9-11-19(12-10-18)24(2,3)4/h7-14,16H,5-6,15H2,1-4H3. The molecule has 0 amide bonds. The number of carbonyl (C=O) groups is 1. The third kappa shape index (κ3) is 4.89. The molecule has 0 bridgehead atoms. The molecule has 28 heavy (non-hydrogen) atoms. The fourth-order valence-electron chi connectivity index (χ4n) is 2.80. The summed E-state index contributed by atoms with van der Waals surface area (Å²) in [4.78, 5) is 16.6. The van der Waals surface area contributed by atoms with E-state index in [4.69, 9.17) is 9.47 Å². The largest absolute Gasteiger partial charge is 0.494 e. The topological polar surface area (TPSA) is 47.9 Å². The van der Waals surface area contributed by atoms with Crippen molar-refractivity contribution in [2.45, 2.75) is 46.0 Å². The van der Waals surface area contributed by atoms with Gasteiger partial charge in [0.05, 0.1) is 6.61 Å². The molecule has 4 nitrogen and oxygen atoms in total. The van der Waals surface area contributed by atoms with Crippen molar-refractivity contribution in [2.24, 2.45) is 4.99 Å². The highest BCUT2D eigenvalue weighted by Crippen LogP contribution is 2.24. The monoisotopic (exact) mass is 377 g/mol. The number of esters is 1. The first-order valence-electron chi connectivity index (χ1n) is 9.73. The Bertz CT molecular complexity index is 885. The van der Waals surface area contributed by atoms with Crippen LogP contribution in [-0.4, -0.2) is 18.5 Å². The Balaban J connectivity index is 1.74. The summed E-state index contributed by atoms with van der Waals surface area (Å²) < 4.78 is 11.0. The van der Waals surface area contributed by atoms with Crippen LogP contribution in [0.3, 0.4) is 0 Å². The van der Waals surface area contributed by atoms with Crippen LogP contribution in [0.4, 0.5) is 0 Å². The maximum Gasteiger partial charge on any atom is 0.363 e. The molecule has 0 saturated carbocycles. The zero-order chi connectivity index (χ0) is 20.1. The van der Waals surface area contributed by atoms with E-state index in [-0.39, 0.29) is 5.41 Å². The van der Waals surface area contributed by atoms with Gasteiger partial charge in [0.2, 0.25) is 5.90 Å². The van der Waals surface area contributed by atoms with E-state index in [1.165, 1.54) is 5.56 Å². The minimum Gasteiger partial charge on any atom is -0.494 e. The van der Waals surface area contributed by atoms with Crippen LogP contribution >= 0.6 is 0 Å². The van der Waals surface area contributed by atoms with Crippen molar-refractivity contribution in [1.29, 1.82) is 0 Å². The highest BCUT2D eigenvalue weighted by Gasteiger charge is 2.24.